The molecule has 0 amide bonds. The summed E-state index contributed by atoms with van der Waals surface area (Å²) in [6.45, 7) is 5.85. The summed E-state index contributed by atoms with van der Waals surface area (Å²) in [4.78, 5) is 9.24. The second-order valence-electron chi connectivity index (χ2n) is 17.9. The van der Waals surface area contributed by atoms with Crippen molar-refractivity contribution in [3.63, 3.8) is 0 Å². The van der Waals surface area contributed by atoms with Crippen molar-refractivity contribution in [3.05, 3.63) is 70.7 Å². The number of phenolic OH excluding ortho intramolecular Hbond substituents is 2. The molecule has 0 aromatic heterocycles. The van der Waals surface area contributed by atoms with Gasteiger partial charge < -0.3 is 19.7 Å². The van der Waals surface area contributed by atoms with Gasteiger partial charge in [-0.1, -0.05) is 218 Å². The van der Waals surface area contributed by atoms with Crippen LogP contribution < -0.4 is 9.47 Å². The van der Waals surface area contributed by atoms with Crippen molar-refractivity contribution in [2.24, 2.45) is 9.98 Å². The van der Waals surface area contributed by atoms with Gasteiger partial charge in [-0.25, -0.2) is 0 Å². The molecule has 0 saturated heterocycles. The summed E-state index contributed by atoms with van der Waals surface area (Å²) >= 11 is 6.33. The molecule has 0 heterocycles. The lowest BCUT2D eigenvalue weighted by Gasteiger charge is -2.08. The molecule has 3 rings (SSSR count). The maximum atomic E-state index is 10.8. The van der Waals surface area contributed by atoms with Crippen molar-refractivity contribution in [1.29, 1.82) is 0 Å². The maximum Gasteiger partial charge on any atom is 0.128 e. The van der Waals surface area contributed by atoms with E-state index in [0.717, 1.165) is 19.3 Å². The van der Waals surface area contributed by atoms with E-state index in [1.54, 1.807) is 48.8 Å². The van der Waals surface area contributed by atoms with E-state index in [9.17, 15) is 10.2 Å². The van der Waals surface area contributed by atoms with E-state index < -0.39 is 0 Å². The van der Waals surface area contributed by atoms with Crippen LogP contribution in [0.15, 0.2) is 64.6 Å². The summed E-state index contributed by atoms with van der Waals surface area (Å²) in [5.41, 5.74) is 2.26. The normalized spacial score (nSPS) is 11.7. The number of halogens is 1. The fraction of sp³-hybridized carbons (Fsp3) is 0.643. The van der Waals surface area contributed by atoms with E-state index in [4.69, 9.17) is 21.1 Å². The third-order valence-corrected chi connectivity index (χ3v) is 12.4. The average molecular weight is 888 g/mol. The van der Waals surface area contributed by atoms with E-state index >= 15 is 0 Å². The van der Waals surface area contributed by atoms with Crippen LogP contribution in [0.5, 0.6) is 23.0 Å². The molecule has 0 aliphatic carbocycles. The molecule has 63 heavy (non-hydrogen) atoms. The number of aliphatic imine (C=N–C) groups is 2. The molecular weight excluding hydrogens is 800 g/mol. The minimum Gasteiger partial charge on any atom is -0.507 e. The molecule has 0 saturated carbocycles. The van der Waals surface area contributed by atoms with E-state index in [0.29, 0.717) is 52.2 Å². The molecule has 0 aliphatic heterocycles. The SMILES string of the molecule is CCCCCCCCCCCCCCCCCCOc1ccc(C=Nc2ccc(Cl)cc2N=Cc2ccc(OCCCCCCCCCCCCCCCCCC)cc2O)c(O)c1. The highest BCUT2D eigenvalue weighted by atomic mass is 35.5. The average Bonchev–Trinajstić information content (AvgIpc) is 3.28. The fourth-order valence-corrected chi connectivity index (χ4v) is 8.28. The highest BCUT2D eigenvalue weighted by molar-refractivity contribution is 6.31. The molecule has 3 aromatic rings. The van der Waals surface area contributed by atoms with Crippen LogP contribution in [0, 0.1) is 0 Å². The number of unbranched alkanes of at least 4 members (excludes halogenated alkanes) is 30. The molecule has 0 aliphatic rings. The minimum atomic E-state index is 0.0948. The molecule has 0 bridgehead atoms. The molecule has 0 atom stereocenters. The second kappa shape index (κ2) is 36.8. The first-order valence-electron chi connectivity index (χ1n) is 25.8. The Bertz CT molecular complexity index is 1640. The summed E-state index contributed by atoms with van der Waals surface area (Å²) < 4.78 is 11.9. The van der Waals surface area contributed by atoms with Gasteiger partial charge in [0.2, 0.25) is 0 Å². The standard InChI is InChI=1S/C56H87ClN2O4/c1-3-5-7-9-11-13-15-17-19-21-23-25-27-29-31-33-41-62-51-38-35-48(55(60)44-51)46-58-53-40-37-50(57)43-54(53)59-47-49-36-39-52(45-56(49)61)63-42-34-32-30-28-26-24-22-20-18-16-14-12-10-8-6-4-2/h35-40,43-47,60-61H,3-34,41-42H2,1-2H3. The summed E-state index contributed by atoms with van der Waals surface area (Å²) in [7, 11) is 0. The lowest BCUT2D eigenvalue weighted by molar-refractivity contribution is 0.302. The van der Waals surface area contributed by atoms with Gasteiger partial charge in [0.25, 0.3) is 0 Å². The smallest absolute Gasteiger partial charge is 0.128 e. The van der Waals surface area contributed by atoms with Gasteiger partial charge in [-0.2, -0.15) is 0 Å². The van der Waals surface area contributed by atoms with Crippen LogP contribution >= 0.6 is 11.6 Å². The zero-order valence-electron chi connectivity index (χ0n) is 39.9. The Balaban J connectivity index is 1.28. The van der Waals surface area contributed by atoms with E-state index in [-0.39, 0.29) is 11.5 Å². The summed E-state index contributed by atoms with van der Waals surface area (Å²) in [6.07, 6.45) is 46.1. The Hall–Kier alpha value is -3.51. The largest absolute Gasteiger partial charge is 0.507 e. The maximum absolute atomic E-state index is 10.8. The molecule has 352 valence electrons. The van der Waals surface area contributed by atoms with Crippen LogP contribution in [-0.4, -0.2) is 35.9 Å². The van der Waals surface area contributed by atoms with Crippen molar-refractivity contribution in [2.75, 3.05) is 13.2 Å². The molecule has 3 aromatic carbocycles. The van der Waals surface area contributed by atoms with Gasteiger partial charge in [0.05, 0.1) is 24.6 Å². The van der Waals surface area contributed by atoms with Crippen molar-refractivity contribution in [3.8, 4) is 23.0 Å². The Morgan fingerprint density at radius 2 is 0.714 bits per heavy atom. The number of rotatable bonds is 40. The number of aromatic hydroxyl groups is 2. The van der Waals surface area contributed by atoms with Gasteiger partial charge in [0.15, 0.2) is 0 Å². The lowest BCUT2D eigenvalue weighted by Crippen LogP contribution is -1.97. The first-order chi connectivity index (χ1) is 31.0. The van der Waals surface area contributed by atoms with Gasteiger partial charge >= 0.3 is 0 Å². The Kier molecular flexibility index (Phi) is 31.4. The zero-order valence-corrected chi connectivity index (χ0v) is 40.6. The van der Waals surface area contributed by atoms with E-state index in [1.807, 2.05) is 18.2 Å². The van der Waals surface area contributed by atoms with Crippen LogP contribution in [0.3, 0.4) is 0 Å². The van der Waals surface area contributed by atoms with Crippen LogP contribution in [0.25, 0.3) is 0 Å². The van der Waals surface area contributed by atoms with E-state index in [2.05, 4.69) is 23.8 Å². The van der Waals surface area contributed by atoms with Crippen LogP contribution in [0.2, 0.25) is 5.02 Å². The number of hydrogen-bond acceptors (Lipinski definition) is 6. The Labute approximate surface area is 389 Å². The van der Waals surface area contributed by atoms with Gasteiger partial charge in [-0.15, -0.1) is 0 Å². The monoisotopic (exact) mass is 887 g/mol. The predicted octanol–water partition coefficient (Wildman–Crippen LogP) is 18.5. The number of phenols is 2. The van der Waals surface area contributed by atoms with Gasteiger partial charge in [0.1, 0.15) is 23.0 Å². The lowest BCUT2D eigenvalue weighted by atomic mass is 10.0. The first kappa shape index (κ1) is 53.8. The molecule has 7 heteroatoms. The highest BCUT2D eigenvalue weighted by Gasteiger charge is 2.07. The first-order valence-corrected chi connectivity index (χ1v) is 26.2. The van der Waals surface area contributed by atoms with Crippen LogP contribution in [0.4, 0.5) is 11.4 Å². The Morgan fingerprint density at radius 1 is 0.397 bits per heavy atom. The summed E-state index contributed by atoms with van der Waals surface area (Å²) in [6, 6.07) is 15.9. The highest BCUT2D eigenvalue weighted by Crippen LogP contribution is 2.33. The molecular formula is C56H87ClN2O4. The third-order valence-electron chi connectivity index (χ3n) is 12.2. The van der Waals surface area contributed by atoms with Crippen molar-refractivity contribution >= 4 is 35.4 Å². The minimum absolute atomic E-state index is 0.0948. The van der Waals surface area contributed by atoms with Gasteiger partial charge in [-0.3, -0.25) is 9.98 Å². The van der Waals surface area contributed by atoms with Gasteiger partial charge in [0, 0.05) is 40.7 Å². The zero-order chi connectivity index (χ0) is 44.8. The molecule has 2 N–H and O–H groups in total. The molecule has 0 radical (unpaired) electrons. The van der Waals surface area contributed by atoms with Crippen molar-refractivity contribution in [1.82, 2.24) is 0 Å². The summed E-state index contributed by atoms with van der Waals surface area (Å²) in [5, 5.41) is 22.0. The predicted molar refractivity (Wildman–Crippen MR) is 272 cm³/mol. The molecule has 0 spiro atoms. The van der Waals surface area contributed by atoms with Gasteiger partial charge in [-0.05, 0) is 55.3 Å². The quantitative estimate of drug-likeness (QED) is 0.0440. The third kappa shape index (κ3) is 26.8. The van der Waals surface area contributed by atoms with E-state index in [1.165, 1.54) is 186 Å². The topological polar surface area (TPSA) is 83.6 Å². The number of hydrogen-bond donors (Lipinski definition) is 2. The van der Waals surface area contributed by atoms with Crippen LogP contribution in [-0.2, 0) is 0 Å². The summed E-state index contributed by atoms with van der Waals surface area (Å²) in [5.74, 6) is 1.50. The number of nitrogens with zero attached hydrogens (tertiary/aromatic N) is 2. The fourth-order valence-electron chi connectivity index (χ4n) is 8.11. The van der Waals surface area contributed by atoms with Crippen molar-refractivity contribution < 1.29 is 19.7 Å². The second-order valence-corrected chi connectivity index (χ2v) is 18.3. The molecule has 0 unspecified atom stereocenters. The van der Waals surface area contributed by atoms with Crippen molar-refractivity contribution in [2.45, 2.75) is 219 Å². The number of ether oxygens (including phenoxy) is 2. The number of benzene rings is 3. The van der Waals surface area contributed by atoms with Crippen LogP contribution in [0.1, 0.15) is 230 Å². The molecule has 6 nitrogen and oxygen atoms in total. The Morgan fingerprint density at radius 3 is 1.05 bits per heavy atom. The molecule has 0 fully saturated rings.